The summed E-state index contributed by atoms with van der Waals surface area (Å²) in [6.07, 6.45) is 0. The molecule has 0 heterocycles. The van der Waals surface area contributed by atoms with E-state index in [0.717, 1.165) is 18.7 Å². The average molecular weight is 353 g/mol. The number of rotatable bonds is 10. The second-order valence-electron chi connectivity index (χ2n) is 5.28. The Hall–Kier alpha value is -1.66. The first-order valence-electron chi connectivity index (χ1n) is 7.87. The third-order valence-corrected chi connectivity index (χ3v) is 3.68. The molecule has 24 heavy (non-hydrogen) atoms. The van der Waals surface area contributed by atoms with Crippen molar-refractivity contribution in [3.8, 4) is 5.75 Å². The van der Waals surface area contributed by atoms with Crippen LogP contribution in [0.1, 0.15) is 11.1 Å². The summed E-state index contributed by atoms with van der Waals surface area (Å²) >= 11 is 6.06. The smallest absolute Gasteiger partial charge is 0.129 e. The summed E-state index contributed by atoms with van der Waals surface area (Å²) in [5.41, 5.74) is 1.43. The fraction of sp³-hybridized carbons (Fsp3) is 0.333. The van der Waals surface area contributed by atoms with Gasteiger partial charge in [0, 0.05) is 42.3 Å². The van der Waals surface area contributed by atoms with Crippen molar-refractivity contribution >= 4 is 11.6 Å². The molecule has 2 rings (SSSR count). The molecule has 3 N–H and O–H groups in total. The number of aliphatic hydroxyl groups is 1. The molecule has 0 saturated heterocycles. The van der Waals surface area contributed by atoms with Crippen LogP contribution < -0.4 is 15.4 Å². The molecule has 130 valence electrons. The first kappa shape index (κ1) is 18.7. The molecule has 2 aromatic carbocycles. The predicted octanol–water partition coefficient (Wildman–Crippen LogP) is 2.73. The highest BCUT2D eigenvalue weighted by Gasteiger charge is 2.07. The van der Waals surface area contributed by atoms with Gasteiger partial charge in [0.1, 0.15) is 18.2 Å². The molecule has 0 aliphatic carbocycles. The monoisotopic (exact) mass is 352 g/mol. The Morgan fingerprint density at radius 2 is 1.79 bits per heavy atom. The molecule has 4 nitrogen and oxygen atoms in total. The first-order valence-corrected chi connectivity index (χ1v) is 8.25. The predicted molar refractivity (Wildman–Crippen MR) is 93.8 cm³/mol. The topological polar surface area (TPSA) is 53.5 Å². The third kappa shape index (κ3) is 6.09. The van der Waals surface area contributed by atoms with E-state index in [9.17, 15) is 4.39 Å². The molecule has 0 unspecified atom stereocenters. The molecule has 0 aromatic heterocycles. The van der Waals surface area contributed by atoms with Crippen molar-refractivity contribution in [1.82, 2.24) is 10.6 Å². The van der Waals surface area contributed by atoms with Crippen molar-refractivity contribution in [1.29, 1.82) is 0 Å². The van der Waals surface area contributed by atoms with Crippen LogP contribution in [0.3, 0.4) is 0 Å². The van der Waals surface area contributed by atoms with Gasteiger partial charge in [-0.15, -0.1) is 0 Å². The normalized spacial score (nSPS) is 10.8. The average Bonchev–Trinajstić information content (AvgIpc) is 2.58. The Labute approximate surface area is 146 Å². The van der Waals surface area contributed by atoms with Gasteiger partial charge in [0.05, 0.1) is 6.61 Å². The molecule has 0 bridgehead atoms. The first-order chi connectivity index (χ1) is 11.7. The van der Waals surface area contributed by atoms with E-state index in [1.165, 1.54) is 6.07 Å². The number of hydrogen-bond acceptors (Lipinski definition) is 4. The Morgan fingerprint density at radius 3 is 2.58 bits per heavy atom. The molecule has 0 atom stereocenters. The zero-order chi connectivity index (χ0) is 17.2. The molecular formula is C18H22ClFN2O2. The second-order valence-corrected chi connectivity index (χ2v) is 5.72. The zero-order valence-corrected chi connectivity index (χ0v) is 14.2. The third-order valence-electron chi connectivity index (χ3n) is 3.45. The Balaban J connectivity index is 1.91. The van der Waals surface area contributed by atoms with Crippen LogP contribution in [0.15, 0.2) is 42.5 Å². The highest BCUT2D eigenvalue weighted by molar-refractivity contribution is 6.30. The van der Waals surface area contributed by atoms with Crippen LogP contribution in [-0.4, -0.2) is 31.3 Å². The highest BCUT2D eigenvalue weighted by Crippen LogP contribution is 2.24. The Morgan fingerprint density at radius 1 is 1.00 bits per heavy atom. The van der Waals surface area contributed by atoms with Crippen molar-refractivity contribution in [3.05, 3.63) is 64.4 Å². The van der Waals surface area contributed by atoms with E-state index in [1.54, 1.807) is 30.3 Å². The highest BCUT2D eigenvalue weighted by atomic mass is 35.5. The summed E-state index contributed by atoms with van der Waals surface area (Å²) in [6, 6.07) is 12.0. The van der Waals surface area contributed by atoms with Crippen LogP contribution in [0, 0.1) is 5.82 Å². The summed E-state index contributed by atoms with van der Waals surface area (Å²) in [6.45, 7) is 2.97. The van der Waals surface area contributed by atoms with Crippen molar-refractivity contribution < 1.29 is 14.2 Å². The molecule has 0 aliphatic rings. The number of benzene rings is 2. The molecular weight excluding hydrogens is 331 g/mol. The second kappa shape index (κ2) is 10.3. The molecule has 6 heteroatoms. The van der Waals surface area contributed by atoms with Gasteiger partial charge in [0.25, 0.3) is 0 Å². The number of halogens is 2. The van der Waals surface area contributed by atoms with E-state index < -0.39 is 0 Å². The van der Waals surface area contributed by atoms with Gasteiger partial charge in [-0.3, -0.25) is 0 Å². The van der Waals surface area contributed by atoms with E-state index in [-0.39, 0.29) is 19.0 Å². The molecule has 0 spiro atoms. The minimum absolute atomic E-state index is 0.127. The van der Waals surface area contributed by atoms with Crippen LogP contribution in [-0.2, 0) is 13.2 Å². The molecule has 0 fully saturated rings. The van der Waals surface area contributed by atoms with E-state index >= 15 is 0 Å². The minimum atomic E-state index is -0.277. The van der Waals surface area contributed by atoms with E-state index in [2.05, 4.69) is 10.6 Å². The molecule has 0 aliphatic heterocycles. The molecule has 0 radical (unpaired) electrons. The summed E-state index contributed by atoms with van der Waals surface area (Å²) in [5.74, 6) is 0.402. The molecule has 0 saturated carbocycles. The summed E-state index contributed by atoms with van der Waals surface area (Å²) in [7, 11) is 0. The quantitative estimate of drug-likeness (QED) is 0.575. The van der Waals surface area contributed by atoms with E-state index in [0.29, 0.717) is 29.4 Å². The van der Waals surface area contributed by atoms with Crippen LogP contribution in [0.4, 0.5) is 4.39 Å². The molecule has 2 aromatic rings. The van der Waals surface area contributed by atoms with E-state index in [1.807, 2.05) is 6.07 Å². The van der Waals surface area contributed by atoms with E-state index in [4.69, 9.17) is 21.4 Å². The Kier molecular flexibility index (Phi) is 7.98. The van der Waals surface area contributed by atoms with Gasteiger partial charge in [0.15, 0.2) is 0 Å². The SMILES string of the molecule is OCCNCCNCc1cc(Cl)ccc1OCc1ccccc1F. The maximum atomic E-state index is 13.7. The van der Waals surface area contributed by atoms with Crippen molar-refractivity contribution in [2.24, 2.45) is 0 Å². The van der Waals surface area contributed by atoms with Gasteiger partial charge in [-0.1, -0.05) is 29.8 Å². The number of aliphatic hydroxyl groups excluding tert-OH is 1. The van der Waals surface area contributed by atoms with Gasteiger partial charge in [-0.25, -0.2) is 4.39 Å². The lowest BCUT2D eigenvalue weighted by atomic mass is 10.2. The maximum absolute atomic E-state index is 13.7. The number of hydrogen-bond donors (Lipinski definition) is 3. The van der Waals surface area contributed by atoms with Crippen molar-refractivity contribution in [2.45, 2.75) is 13.2 Å². The Bertz CT molecular complexity index is 640. The van der Waals surface area contributed by atoms with Gasteiger partial charge in [0.2, 0.25) is 0 Å². The van der Waals surface area contributed by atoms with Crippen molar-refractivity contribution in [3.63, 3.8) is 0 Å². The lowest BCUT2D eigenvalue weighted by Gasteiger charge is -2.13. The van der Waals surface area contributed by atoms with Crippen LogP contribution in [0.2, 0.25) is 5.02 Å². The lowest BCUT2D eigenvalue weighted by Crippen LogP contribution is -2.28. The minimum Gasteiger partial charge on any atom is -0.488 e. The van der Waals surface area contributed by atoms with Gasteiger partial charge < -0.3 is 20.5 Å². The van der Waals surface area contributed by atoms with Crippen LogP contribution in [0.25, 0.3) is 0 Å². The number of ether oxygens (including phenoxy) is 1. The summed E-state index contributed by atoms with van der Waals surface area (Å²) in [4.78, 5) is 0. The molecule has 0 amide bonds. The lowest BCUT2D eigenvalue weighted by molar-refractivity contribution is 0.292. The fourth-order valence-corrected chi connectivity index (χ4v) is 2.40. The van der Waals surface area contributed by atoms with Crippen LogP contribution >= 0.6 is 11.6 Å². The standard InChI is InChI=1S/C18H22ClFN2O2/c19-16-5-6-18(24-13-14-3-1-2-4-17(14)20)15(11-16)12-22-8-7-21-9-10-23/h1-6,11,21-23H,7-10,12-13H2. The largest absolute Gasteiger partial charge is 0.488 e. The van der Waals surface area contributed by atoms with Gasteiger partial charge in [-0.05, 0) is 24.3 Å². The summed E-state index contributed by atoms with van der Waals surface area (Å²) in [5, 5.41) is 15.7. The van der Waals surface area contributed by atoms with Gasteiger partial charge >= 0.3 is 0 Å². The fourth-order valence-electron chi connectivity index (χ4n) is 2.20. The summed E-state index contributed by atoms with van der Waals surface area (Å²) < 4.78 is 19.4. The number of nitrogens with one attached hydrogen (secondary N) is 2. The maximum Gasteiger partial charge on any atom is 0.129 e. The van der Waals surface area contributed by atoms with Gasteiger partial charge in [-0.2, -0.15) is 0 Å². The van der Waals surface area contributed by atoms with Crippen LogP contribution in [0.5, 0.6) is 5.75 Å². The zero-order valence-electron chi connectivity index (χ0n) is 13.4. The van der Waals surface area contributed by atoms with Crippen molar-refractivity contribution in [2.75, 3.05) is 26.2 Å².